The molecule has 0 spiro atoms. The highest BCUT2D eigenvalue weighted by Gasteiger charge is 2.32. The lowest BCUT2D eigenvalue weighted by Gasteiger charge is -2.06. The van der Waals surface area contributed by atoms with Crippen LogP contribution in [0.2, 0.25) is 0 Å². The van der Waals surface area contributed by atoms with Crippen LogP contribution in [-0.4, -0.2) is 9.97 Å². The Morgan fingerprint density at radius 3 is 2.53 bits per heavy atom. The van der Waals surface area contributed by atoms with E-state index in [4.69, 9.17) is 0 Å². The van der Waals surface area contributed by atoms with Crippen LogP contribution in [0, 0.1) is 5.82 Å². The molecule has 1 heterocycles. The van der Waals surface area contributed by atoms with Gasteiger partial charge in [-0.1, -0.05) is 30.0 Å². The number of rotatable bonds is 3. The summed E-state index contributed by atoms with van der Waals surface area (Å²) in [5, 5.41) is -0.0296. The Kier molecular flexibility index (Phi) is 4.04. The standard InChI is InChI=1S/C12H8F4N2S/c13-9-4-2-1-3-8(9)7-19-11-17-6-5-10(18-11)12(14,15)16/h1-6H,7H2. The van der Waals surface area contributed by atoms with Gasteiger partial charge < -0.3 is 0 Å². The maximum atomic E-state index is 13.3. The zero-order valence-electron chi connectivity index (χ0n) is 9.49. The molecule has 100 valence electrons. The molecule has 0 amide bonds. The second kappa shape index (κ2) is 5.56. The van der Waals surface area contributed by atoms with Crippen molar-refractivity contribution in [3.63, 3.8) is 0 Å². The fourth-order valence-electron chi connectivity index (χ4n) is 1.33. The number of halogens is 4. The zero-order chi connectivity index (χ0) is 13.9. The van der Waals surface area contributed by atoms with Crippen molar-refractivity contribution < 1.29 is 17.6 Å². The fourth-order valence-corrected chi connectivity index (χ4v) is 2.14. The van der Waals surface area contributed by atoms with E-state index in [9.17, 15) is 17.6 Å². The monoisotopic (exact) mass is 288 g/mol. The van der Waals surface area contributed by atoms with Gasteiger partial charge in [-0.05, 0) is 17.7 Å². The number of nitrogens with zero attached hydrogens (tertiary/aromatic N) is 2. The highest BCUT2D eigenvalue weighted by Crippen LogP contribution is 2.29. The molecule has 0 radical (unpaired) electrons. The molecule has 0 bridgehead atoms. The minimum Gasteiger partial charge on any atom is -0.231 e. The van der Waals surface area contributed by atoms with Crippen molar-refractivity contribution in [3.8, 4) is 0 Å². The van der Waals surface area contributed by atoms with E-state index in [1.54, 1.807) is 18.2 Å². The number of benzene rings is 1. The van der Waals surface area contributed by atoms with E-state index in [2.05, 4.69) is 9.97 Å². The Balaban J connectivity index is 2.10. The Labute approximate surface area is 110 Å². The van der Waals surface area contributed by atoms with Crippen molar-refractivity contribution in [1.29, 1.82) is 0 Å². The summed E-state index contributed by atoms with van der Waals surface area (Å²) in [5.74, 6) is -0.226. The summed E-state index contributed by atoms with van der Waals surface area (Å²) in [6.07, 6.45) is -3.46. The molecule has 0 aliphatic rings. The molecule has 0 saturated carbocycles. The normalized spacial score (nSPS) is 11.6. The molecule has 0 N–H and O–H groups in total. The molecule has 2 rings (SSSR count). The molecule has 2 aromatic rings. The van der Waals surface area contributed by atoms with Crippen LogP contribution >= 0.6 is 11.8 Å². The fraction of sp³-hybridized carbons (Fsp3) is 0.167. The molecule has 1 aromatic carbocycles. The molecule has 2 nitrogen and oxygen atoms in total. The predicted octanol–water partition coefficient (Wildman–Crippen LogP) is 3.93. The van der Waals surface area contributed by atoms with Crippen molar-refractivity contribution in [2.45, 2.75) is 17.1 Å². The number of aromatic nitrogens is 2. The maximum Gasteiger partial charge on any atom is 0.433 e. The van der Waals surface area contributed by atoms with Crippen LogP contribution in [0.3, 0.4) is 0 Å². The van der Waals surface area contributed by atoms with E-state index >= 15 is 0 Å². The van der Waals surface area contributed by atoms with Crippen LogP contribution in [-0.2, 0) is 11.9 Å². The molecule has 0 fully saturated rings. The van der Waals surface area contributed by atoms with Gasteiger partial charge in [0.05, 0.1) is 0 Å². The van der Waals surface area contributed by atoms with Crippen LogP contribution in [0.15, 0.2) is 41.7 Å². The van der Waals surface area contributed by atoms with Crippen LogP contribution in [0.4, 0.5) is 17.6 Å². The van der Waals surface area contributed by atoms with E-state index in [1.165, 1.54) is 6.07 Å². The molecule has 7 heteroatoms. The van der Waals surface area contributed by atoms with Crippen molar-refractivity contribution in [2.75, 3.05) is 0 Å². The minimum absolute atomic E-state index is 0.0296. The summed E-state index contributed by atoms with van der Waals surface area (Å²) in [6.45, 7) is 0. The van der Waals surface area contributed by atoms with E-state index in [-0.39, 0.29) is 10.9 Å². The first-order valence-corrected chi connectivity index (χ1v) is 6.22. The minimum atomic E-state index is -4.50. The molecule has 0 aliphatic carbocycles. The van der Waals surface area contributed by atoms with Crippen LogP contribution in [0.5, 0.6) is 0 Å². The van der Waals surface area contributed by atoms with Gasteiger partial charge in [0.1, 0.15) is 11.5 Å². The van der Waals surface area contributed by atoms with E-state index in [0.29, 0.717) is 5.56 Å². The Morgan fingerprint density at radius 1 is 1.11 bits per heavy atom. The van der Waals surface area contributed by atoms with Gasteiger partial charge in [-0.25, -0.2) is 14.4 Å². The molecule has 0 unspecified atom stereocenters. The lowest BCUT2D eigenvalue weighted by molar-refractivity contribution is -0.141. The highest BCUT2D eigenvalue weighted by atomic mass is 32.2. The third kappa shape index (κ3) is 3.66. The topological polar surface area (TPSA) is 25.8 Å². The SMILES string of the molecule is Fc1ccccc1CSc1nccc(C(F)(F)F)n1. The summed E-state index contributed by atoms with van der Waals surface area (Å²) in [5.41, 5.74) is -0.605. The largest absolute Gasteiger partial charge is 0.433 e. The molecule has 1 aromatic heterocycles. The lowest BCUT2D eigenvalue weighted by atomic mass is 10.2. The summed E-state index contributed by atoms with van der Waals surface area (Å²) in [7, 11) is 0. The van der Waals surface area contributed by atoms with Gasteiger partial charge in [0.2, 0.25) is 0 Å². The molecule has 0 saturated heterocycles. The zero-order valence-corrected chi connectivity index (χ0v) is 10.3. The Morgan fingerprint density at radius 2 is 1.84 bits per heavy atom. The third-order valence-corrected chi connectivity index (χ3v) is 3.15. The van der Waals surface area contributed by atoms with Crippen LogP contribution < -0.4 is 0 Å². The molecular weight excluding hydrogens is 280 g/mol. The van der Waals surface area contributed by atoms with Crippen LogP contribution in [0.25, 0.3) is 0 Å². The van der Waals surface area contributed by atoms with E-state index in [1.807, 2.05) is 0 Å². The van der Waals surface area contributed by atoms with Gasteiger partial charge in [0.15, 0.2) is 5.16 Å². The highest BCUT2D eigenvalue weighted by molar-refractivity contribution is 7.98. The van der Waals surface area contributed by atoms with E-state index < -0.39 is 17.7 Å². The summed E-state index contributed by atoms with van der Waals surface area (Å²) < 4.78 is 50.6. The smallest absolute Gasteiger partial charge is 0.231 e. The van der Waals surface area contributed by atoms with Gasteiger partial charge in [0.25, 0.3) is 0 Å². The Bertz CT molecular complexity index is 572. The Hall–Kier alpha value is -1.63. The predicted molar refractivity (Wildman–Crippen MR) is 63.0 cm³/mol. The van der Waals surface area contributed by atoms with Gasteiger partial charge in [0, 0.05) is 11.9 Å². The second-order valence-corrected chi connectivity index (χ2v) is 4.54. The average molecular weight is 288 g/mol. The molecular formula is C12H8F4N2S. The molecule has 0 aliphatic heterocycles. The summed E-state index contributed by atoms with van der Waals surface area (Å²) in [6, 6.07) is 6.86. The van der Waals surface area contributed by atoms with Crippen molar-refractivity contribution in [3.05, 3.63) is 53.6 Å². The van der Waals surface area contributed by atoms with Gasteiger partial charge in [-0.3, -0.25) is 0 Å². The molecule has 19 heavy (non-hydrogen) atoms. The first-order chi connectivity index (χ1) is 8.97. The average Bonchev–Trinajstić information content (AvgIpc) is 2.37. The summed E-state index contributed by atoms with van der Waals surface area (Å²) in [4.78, 5) is 7.12. The first kappa shape index (κ1) is 13.8. The maximum absolute atomic E-state index is 13.3. The number of hydrogen-bond acceptors (Lipinski definition) is 3. The lowest BCUT2D eigenvalue weighted by Crippen LogP contribution is -2.08. The van der Waals surface area contributed by atoms with E-state index in [0.717, 1.165) is 24.0 Å². The second-order valence-electron chi connectivity index (χ2n) is 3.60. The quantitative estimate of drug-likeness (QED) is 0.486. The van der Waals surface area contributed by atoms with Gasteiger partial charge >= 0.3 is 6.18 Å². The molecule has 0 atom stereocenters. The first-order valence-electron chi connectivity index (χ1n) is 5.23. The van der Waals surface area contributed by atoms with Gasteiger partial charge in [-0.2, -0.15) is 13.2 Å². The number of alkyl halides is 3. The van der Waals surface area contributed by atoms with Crippen molar-refractivity contribution >= 4 is 11.8 Å². The van der Waals surface area contributed by atoms with Crippen molar-refractivity contribution in [2.24, 2.45) is 0 Å². The third-order valence-electron chi connectivity index (χ3n) is 2.24. The number of thioether (sulfide) groups is 1. The van der Waals surface area contributed by atoms with Gasteiger partial charge in [-0.15, -0.1) is 0 Å². The summed E-state index contributed by atoms with van der Waals surface area (Å²) >= 11 is 0.956. The van der Waals surface area contributed by atoms with Crippen molar-refractivity contribution in [1.82, 2.24) is 9.97 Å². The number of hydrogen-bond donors (Lipinski definition) is 0. The van der Waals surface area contributed by atoms with Crippen LogP contribution in [0.1, 0.15) is 11.3 Å².